The van der Waals surface area contributed by atoms with Gasteiger partial charge in [0.25, 0.3) is 5.91 Å². The summed E-state index contributed by atoms with van der Waals surface area (Å²) < 4.78 is 5.28. The summed E-state index contributed by atoms with van der Waals surface area (Å²) in [6, 6.07) is 15.4. The quantitative estimate of drug-likeness (QED) is 0.253. The molecule has 0 aliphatic rings. The topological polar surface area (TPSA) is 128 Å². The molecule has 208 valence electrons. The van der Waals surface area contributed by atoms with Gasteiger partial charge in [-0.2, -0.15) is 12.6 Å². The number of hydrogen-bond acceptors (Lipinski definition) is 7. The third-order valence-corrected chi connectivity index (χ3v) is 6.27. The Bertz CT molecular complexity index is 1340. The molecule has 3 amide bonds. The number of benzene rings is 3. The van der Waals surface area contributed by atoms with Crippen molar-refractivity contribution in [3.63, 3.8) is 0 Å². The van der Waals surface area contributed by atoms with Crippen molar-refractivity contribution in [3.05, 3.63) is 71.8 Å². The first-order valence-corrected chi connectivity index (χ1v) is 13.2. The standard InChI is InChI=1S/C29H35N3O6S/c1-18-15-21(10-12-24(18)34)25(26(35)30-22-11-9-19-7-5-6-8-20(19)16-22)32(13-14-33)27(36)23(17-39)31-28(37)38-29(2,3)4/h5-12,15-16,23,25,33-34,39H,13-14,17H2,1-4H3,(H,30,35)(H,31,37). The highest BCUT2D eigenvalue weighted by atomic mass is 32.1. The van der Waals surface area contributed by atoms with Crippen LogP contribution in [-0.2, 0) is 14.3 Å². The van der Waals surface area contributed by atoms with Crippen molar-refractivity contribution in [3.8, 4) is 5.75 Å². The third kappa shape index (κ3) is 7.87. The molecule has 10 heteroatoms. The van der Waals surface area contributed by atoms with E-state index in [9.17, 15) is 24.6 Å². The number of amides is 3. The summed E-state index contributed by atoms with van der Waals surface area (Å²) in [5, 5.41) is 27.3. The Morgan fingerprint density at radius 2 is 1.72 bits per heavy atom. The number of nitrogens with zero attached hydrogens (tertiary/aromatic N) is 1. The van der Waals surface area contributed by atoms with E-state index in [1.807, 2.05) is 36.4 Å². The fourth-order valence-electron chi connectivity index (χ4n) is 4.11. The van der Waals surface area contributed by atoms with E-state index >= 15 is 0 Å². The highest BCUT2D eigenvalue weighted by molar-refractivity contribution is 7.80. The van der Waals surface area contributed by atoms with Crippen molar-refractivity contribution >= 4 is 47.0 Å². The molecule has 3 aromatic rings. The maximum absolute atomic E-state index is 13.8. The first-order chi connectivity index (χ1) is 18.4. The van der Waals surface area contributed by atoms with Gasteiger partial charge < -0.3 is 30.5 Å². The van der Waals surface area contributed by atoms with Gasteiger partial charge in [-0.25, -0.2) is 4.79 Å². The average Bonchev–Trinajstić information content (AvgIpc) is 2.87. The number of aryl methyl sites for hydroxylation is 1. The summed E-state index contributed by atoms with van der Waals surface area (Å²) in [7, 11) is 0. The van der Waals surface area contributed by atoms with Crippen LogP contribution in [0.3, 0.4) is 0 Å². The van der Waals surface area contributed by atoms with Crippen molar-refractivity contribution in [1.29, 1.82) is 0 Å². The number of phenolic OH excluding ortho intramolecular Hbond substituents is 1. The van der Waals surface area contributed by atoms with E-state index < -0.39 is 42.2 Å². The number of carbonyl (C=O) groups is 3. The van der Waals surface area contributed by atoms with Gasteiger partial charge in [0.15, 0.2) is 0 Å². The van der Waals surface area contributed by atoms with Crippen LogP contribution in [0.1, 0.15) is 37.9 Å². The zero-order chi connectivity index (χ0) is 28.7. The average molecular weight is 554 g/mol. The van der Waals surface area contributed by atoms with Crippen LogP contribution in [0.25, 0.3) is 10.8 Å². The van der Waals surface area contributed by atoms with Crippen LogP contribution >= 0.6 is 12.6 Å². The van der Waals surface area contributed by atoms with Crippen LogP contribution in [0.4, 0.5) is 10.5 Å². The minimum absolute atomic E-state index is 0.0345. The maximum atomic E-state index is 13.8. The van der Waals surface area contributed by atoms with Crippen LogP contribution in [0.15, 0.2) is 60.7 Å². The van der Waals surface area contributed by atoms with Crippen molar-refractivity contribution in [2.75, 3.05) is 24.2 Å². The number of aliphatic hydroxyl groups is 1. The molecule has 0 heterocycles. The van der Waals surface area contributed by atoms with Gasteiger partial charge in [-0.3, -0.25) is 9.59 Å². The zero-order valence-corrected chi connectivity index (χ0v) is 23.4. The van der Waals surface area contributed by atoms with Gasteiger partial charge in [-0.1, -0.05) is 36.4 Å². The molecule has 39 heavy (non-hydrogen) atoms. The molecule has 0 radical (unpaired) electrons. The van der Waals surface area contributed by atoms with Gasteiger partial charge in [-0.15, -0.1) is 0 Å². The number of phenols is 1. The number of anilines is 1. The number of rotatable bonds is 9. The Kier molecular flexibility index (Phi) is 9.82. The molecule has 0 aliphatic carbocycles. The number of fused-ring (bicyclic) bond motifs is 1. The van der Waals surface area contributed by atoms with Gasteiger partial charge >= 0.3 is 6.09 Å². The molecule has 0 spiro atoms. The van der Waals surface area contributed by atoms with Gasteiger partial charge in [0.05, 0.1) is 6.61 Å². The van der Waals surface area contributed by atoms with Crippen LogP contribution in [0, 0.1) is 6.92 Å². The van der Waals surface area contributed by atoms with E-state index in [1.54, 1.807) is 45.9 Å². The first-order valence-electron chi connectivity index (χ1n) is 12.5. The van der Waals surface area contributed by atoms with E-state index in [1.165, 1.54) is 11.0 Å². The van der Waals surface area contributed by atoms with Crippen molar-refractivity contribution in [2.45, 2.75) is 45.4 Å². The maximum Gasteiger partial charge on any atom is 0.408 e. The van der Waals surface area contributed by atoms with Crippen LogP contribution in [-0.4, -0.2) is 63.6 Å². The third-order valence-electron chi connectivity index (χ3n) is 5.91. The lowest BCUT2D eigenvalue weighted by Crippen LogP contribution is -2.53. The number of thiol groups is 1. The summed E-state index contributed by atoms with van der Waals surface area (Å²) in [6.45, 7) is 6.13. The first kappa shape index (κ1) is 29.8. The van der Waals surface area contributed by atoms with Crippen LogP contribution < -0.4 is 10.6 Å². The molecular weight excluding hydrogens is 518 g/mol. The molecule has 2 atom stereocenters. The van der Waals surface area contributed by atoms with Gasteiger partial charge in [0, 0.05) is 18.0 Å². The Balaban J connectivity index is 1.99. The summed E-state index contributed by atoms with van der Waals surface area (Å²) >= 11 is 4.24. The summed E-state index contributed by atoms with van der Waals surface area (Å²) in [5.74, 6) is -1.21. The van der Waals surface area contributed by atoms with E-state index in [0.717, 1.165) is 10.8 Å². The number of alkyl carbamates (subject to hydrolysis) is 1. The predicted octanol–water partition coefficient (Wildman–Crippen LogP) is 4.18. The number of hydrogen-bond donors (Lipinski definition) is 5. The highest BCUT2D eigenvalue weighted by Crippen LogP contribution is 2.29. The van der Waals surface area contributed by atoms with E-state index in [-0.39, 0.29) is 18.0 Å². The van der Waals surface area contributed by atoms with Crippen LogP contribution in [0.2, 0.25) is 0 Å². The molecule has 0 aromatic heterocycles. The van der Waals surface area contributed by atoms with Crippen molar-refractivity contribution < 1.29 is 29.3 Å². The summed E-state index contributed by atoms with van der Waals surface area (Å²) in [4.78, 5) is 41.2. The Morgan fingerprint density at radius 3 is 2.33 bits per heavy atom. The number of carbonyl (C=O) groups excluding carboxylic acids is 3. The Morgan fingerprint density at radius 1 is 1.03 bits per heavy atom. The molecule has 3 rings (SSSR count). The minimum atomic E-state index is -1.20. The second-order valence-corrected chi connectivity index (χ2v) is 10.5. The molecule has 0 aliphatic heterocycles. The Labute approximate surface area is 233 Å². The summed E-state index contributed by atoms with van der Waals surface area (Å²) in [6.07, 6.45) is -0.809. The molecule has 0 saturated heterocycles. The molecule has 4 N–H and O–H groups in total. The SMILES string of the molecule is Cc1cc(C(C(=O)Nc2ccc3ccccc3c2)N(CCO)C(=O)C(CS)NC(=O)OC(C)(C)C)ccc1O. The molecule has 3 aromatic carbocycles. The lowest BCUT2D eigenvalue weighted by atomic mass is 10.00. The fraction of sp³-hybridized carbons (Fsp3) is 0.345. The van der Waals surface area contributed by atoms with Gasteiger partial charge in [0.2, 0.25) is 5.91 Å². The van der Waals surface area contributed by atoms with Crippen molar-refractivity contribution in [1.82, 2.24) is 10.2 Å². The van der Waals surface area contributed by atoms with Crippen LogP contribution in [0.5, 0.6) is 5.75 Å². The molecule has 2 unspecified atom stereocenters. The predicted molar refractivity (Wildman–Crippen MR) is 154 cm³/mol. The molecule has 0 saturated carbocycles. The fourth-order valence-corrected chi connectivity index (χ4v) is 4.36. The molecule has 0 bridgehead atoms. The highest BCUT2D eigenvalue weighted by Gasteiger charge is 2.36. The normalized spacial score (nSPS) is 12.9. The minimum Gasteiger partial charge on any atom is -0.508 e. The largest absolute Gasteiger partial charge is 0.508 e. The van der Waals surface area contributed by atoms with Crippen molar-refractivity contribution in [2.24, 2.45) is 0 Å². The monoisotopic (exact) mass is 553 g/mol. The zero-order valence-electron chi connectivity index (χ0n) is 22.5. The van der Waals surface area contributed by atoms with E-state index in [2.05, 4.69) is 23.3 Å². The number of nitrogens with one attached hydrogen (secondary N) is 2. The number of aliphatic hydroxyl groups excluding tert-OH is 1. The lowest BCUT2D eigenvalue weighted by Gasteiger charge is -2.34. The number of ether oxygens (including phenoxy) is 1. The van der Waals surface area contributed by atoms with E-state index in [4.69, 9.17) is 4.74 Å². The molecular formula is C29H35N3O6S. The van der Waals surface area contributed by atoms with E-state index in [0.29, 0.717) is 16.8 Å². The summed E-state index contributed by atoms with van der Waals surface area (Å²) in [5.41, 5.74) is 0.657. The number of aromatic hydroxyl groups is 1. The smallest absolute Gasteiger partial charge is 0.408 e. The van der Waals surface area contributed by atoms with Gasteiger partial charge in [0.1, 0.15) is 23.4 Å². The Hall–Kier alpha value is -3.76. The molecule has 9 nitrogen and oxygen atoms in total. The van der Waals surface area contributed by atoms with Gasteiger partial charge in [-0.05, 0) is 73.9 Å². The second-order valence-electron chi connectivity index (χ2n) is 10.1. The second kappa shape index (κ2) is 12.9. The molecule has 0 fully saturated rings. The lowest BCUT2D eigenvalue weighted by molar-refractivity contribution is -0.140.